The van der Waals surface area contributed by atoms with E-state index in [9.17, 15) is 18.3 Å². The molecule has 5 heterocycles. The van der Waals surface area contributed by atoms with Crippen LogP contribution < -0.4 is 21.2 Å². The fourth-order valence-electron chi connectivity index (χ4n) is 8.53. The molecule has 7 aromatic rings. The third-order valence-corrected chi connectivity index (χ3v) is 19.8. The number of hydrogen-bond acceptors (Lipinski definition) is 18. The number of fused-ring (bicyclic) bond motifs is 20. The molecule has 0 fully saturated rings. The Kier molecular flexibility index (Phi) is 15.1. The fraction of sp³-hybridized carbons (Fsp3) is 0.333. The van der Waals surface area contributed by atoms with E-state index in [0.717, 1.165) is 0 Å². The van der Waals surface area contributed by atoms with E-state index >= 15 is 0 Å². The van der Waals surface area contributed by atoms with Crippen molar-refractivity contribution in [1.82, 2.24) is 39.9 Å². The maximum atomic E-state index is 14.3. The van der Waals surface area contributed by atoms with Crippen LogP contribution in [0.15, 0.2) is 72.8 Å². The third kappa shape index (κ3) is 9.49. The van der Waals surface area contributed by atoms with Gasteiger partial charge < -0.3 is 46.2 Å². The Morgan fingerprint density at radius 2 is 0.569 bits per heavy atom. The zero-order chi connectivity index (χ0) is 51.0. The molecule has 20 nitrogen and oxygen atoms in total. The molecule has 0 radical (unpaired) electrons. The number of rotatable bonds is 20. The van der Waals surface area contributed by atoms with E-state index in [1.165, 1.54) is 0 Å². The van der Waals surface area contributed by atoms with Crippen LogP contribution in [0.25, 0.3) is 89.7 Å². The Balaban J connectivity index is 1.44. The summed E-state index contributed by atoms with van der Waals surface area (Å²) in [5, 5.41) is 3.21. The third-order valence-electron chi connectivity index (χ3n) is 11.4. The van der Waals surface area contributed by atoms with Crippen LogP contribution in [-0.2, 0) is 54.5 Å². The minimum absolute atomic E-state index is 0.117. The molecule has 8 bridgehead atoms. The second-order valence-corrected chi connectivity index (χ2v) is 24.0. The van der Waals surface area contributed by atoms with E-state index in [4.69, 9.17) is 66.1 Å². The van der Waals surface area contributed by atoms with Crippen molar-refractivity contribution in [2.45, 2.75) is 55.4 Å². The number of aromatic amines is 2. The lowest BCUT2D eigenvalue weighted by Gasteiger charge is -2.17. The van der Waals surface area contributed by atoms with E-state index in [2.05, 4.69) is 9.97 Å². The molecule has 72 heavy (non-hydrogen) atoms. The molecule has 2 aliphatic heterocycles. The maximum absolute atomic E-state index is 14.3. The van der Waals surface area contributed by atoms with Gasteiger partial charge in [0, 0.05) is 43.8 Å². The zero-order valence-corrected chi connectivity index (χ0v) is 44.5. The Labute approximate surface area is 415 Å². The first-order valence-electron chi connectivity index (χ1n) is 23.7. The first kappa shape index (κ1) is 51.7. The molecule has 0 amide bonds. The summed E-state index contributed by atoms with van der Waals surface area (Å²) in [6.07, 6.45) is 0. The summed E-state index contributed by atoms with van der Waals surface area (Å²) in [7, 11) is -15.3. The Morgan fingerprint density at radius 3 is 0.861 bits per heavy atom. The molecule has 0 saturated carbocycles. The molecule has 0 aliphatic carbocycles. The number of nitrogens with zero attached hydrogens (tertiary/aromatic N) is 6. The van der Waals surface area contributed by atoms with Crippen molar-refractivity contribution >= 4 is 95.7 Å². The van der Waals surface area contributed by atoms with Crippen molar-refractivity contribution in [2.24, 2.45) is 0 Å². The van der Waals surface area contributed by atoms with E-state index < -0.39 is 30.4 Å². The number of aromatic nitrogens is 8. The van der Waals surface area contributed by atoms with Gasteiger partial charge in [-0.25, -0.2) is 29.9 Å². The average molecular weight is 1060 g/mol. The summed E-state index contributed by atoms with van der Waals surface area (Å²) in [4.78, 5) is 37.3. The van der Waals surface area contributed by atoms with Gasteiger partial charge >= 0.3 is 30.4 Å². The Morgan fingerprint density at radius 1 is 0.319 bits per heavy atom. The SMILES string of the molecule is CCOP(=O)(OCC)c1ccc2c(c1)-c1nc-2nc2[nH]c(nc3nc(nc4[nH]c(n1)c1ccc(P(=O)(OCC)OCC)cc41)-c1cc(P(=O)(OCC)OCC)ccc1-3)c1cc(P(=O)(OCC)OCC)ccc21. The second kappa shape index (κ2) is 21.0. The van der Waals surface area contributed by atoms with Crippen LogP contribution in [0.1, 0.15) is 55.4 Å². The van der Waals surface area contributed by atoms with Gasteiger partial charge in [-0.05, 0) is 128 Å². The van der Waals surface area contributed by atoms with Gasteiger partial charge in [-0.1, -0.05) is 0 Å². The van der Waals surface area contributed by atoms with Gasteiger partial charge in [0.25, 0.3) is 0 Å². The van der Waals surface area contributed by atoms with Crippen LogP contribution in [0.5, 0.6) is 0 Å². The summed E-state index contributed by atoms with van der Waals surface area (Å²) in [6, 6.07) is 20.3. The Bertz CT molecular complexity index is 3580. The lowest BCUT2D eigenvalue weighted by atomic mass is 10.1. The highest BCUT2D eigenvalue weighted by Crippen LogP contribution is 2.52. The summed E-state index contributed by atoms with van der Waals surface area (Å²) in [5.74, 6) is 0.797. The largest absolute Gasteiger partial charge is 0.361 e. The van der Waals surface area contributed by atoms with Crippen molar-refractivity contribution in [3.8, 4) is 45.6 Å². The molecule has 0 unspecified atom stereocenters. The van der Waals surface area contributed by atoms with Crippen LogP contribution in [-0.4, -0.2) is 92.7 Å². The van der Waals surface area contributed by atoms with Gasteiger partial charge in [0.05, 0.1) is 74.1 Å². The highest BCUT2D eigenvalue weighted by atomic mass is 31.2. The van der Waals surface area contributed by atoms with Gasteiger partial charge in [0.1, 0.15) is 22.6 Å². The molecular weight excluding hydrogens is 1000 g/mol. The van der Waals surface area contributed by atoms with Crippen molar-refractivity contribution in [3.05, 3.63) is 72.8 Å². The van der Waals surface area contributed by atoms with Gasteiger partial charge in [-0.15, -0.1) is 0 Å². The van der Waals surface area contributed by atoms with E-state index in [1.54, 1.807) is 128 Å². The summed E-state index contributed by atoms with van der Waals surface area (Å²) < 4.78 is 103. The first-order chi connectivity index (χ1) is 34.7. The van der Waals surface area contributed by atoms with Gasteiger partial charge in [-0.3, -0.25) is 18.3 Å². The zero-order valence-electron chi connectivity index (χ0n) is 41.0. The lowest BCUT2D eigenvalue weighted by Crippen LogP contribution is -2.11. The molecule has 378 valence electrons. The van der Waals surface area contributed by atoms with E-state index in [0.29, 0.717) is 60.4 Å². The number of benzene rings is 4. The monoisotopic (exact) mass is 1060 g/mol. The standard InChI is InChI=1S/C48H54N8O12P4/c1-9-61-69(57,62-10-2)29-17-21-33-37(25-29)45-50-41(33)49-42-34-22-18-30(70(58,63-11-3)64-12-4)26-38(34)46(51-42)53-44-36-24-20-32(72(60,67-15-7)68-16-8)28-40(36)48(55-44)56-47-39-27-31(71(59,65-13-5)66-14-6)19-23-35(39)43(52-45)54-47/h17-28H,9-16H2,1-8H3,(H2,49,50,51,52,53,54,55,56). The fourth-order valence-corrected chi connectivity index (χ4v) is 14.9. The summed E-state index contributed by atoms with van der Waals surface area (Å²) in [6.45, 7) is 14.9. The molecule has 2 aliphatic rings. The molecule has 9 rings (SSSR count). The number of nitrogens with one attached hydrogen (secondary N) is 2. The van der Waals surface area contributed by atoms with Crippen LogP contribution in [0.2, 0.25) is 0 Å². The molecular formula is C48H54N8O12P4. The van der Waals surface area contributed by atoms with Crippen LogP contribution in [0, 0.1) is 0 Å². The summed E-state index contributed by atoms with van der Waals surface area (Å²) in [5.41, 5.74) is 3.13. The molecule has 2 N–H and O–H groups in total. The molecule has 0 spiro atoms. The normalized spacial score (nSPS) is 13.0. The molecule has 0 saturated heterocycles. The quantitative estimate of drug-likeness (QED) is 0.0673. The van der Waals surface area contributed by atoms with Crippen molar-refractivity contribution in [1.29, 1.82) is 0 Å². The van der Waals surface area contributed by atoms with Gasteiger partial charge in [-0.2, -0.15) is 0 Å². The Hall–Kier alpha value is -5.16. The minimum Gasteiger partial charge on any atom is -0.324 e. The van der Waals surface area contributed by atoms with Crippen LogP contribution in [0.3, 0.4) is 0 Å². The summed E-state index contributed by atoms with van der Waals surface area (Å²) >= 11 is 0. The van der Waals surface area contributed by atoms with Crippen LogP contribution in [0.4, 0.5) is 0 Å². The smallest absolute Gasteiger partial charge is 0.324 e. The predicted molar refractivity (Wildman–Crippen MR) is 278 cm³/mol. The topological polar surface area (TPSA) is 251 Å². The first-order valence-corrected chi connectivity index (χ1v) is 29.9. The number of H-pyrrole nitrogens is 2. The predicted octanol–water partition coefficient (Wildman–Crippen LogP) is 10.4. The molecule has 3 aromatic heterocycles. The van der Waals surface area contributed by atoms with E-state index in [1.807, 2.05) is 0 Å². The van der Waals surface area contributed by atoms with Crippen molar-refractivity contribution < 1.29 is 54.5 Å². The highest BCUT2D eigenvalue weighted by Gasteiger charge is 2.34. The second-order valence-electron chi connectivity index (χ2n) is 15.9. The van der Waals surface area contributed by atoms with Crippen molar-refractivity contribution in [2.75, 3.05) is 52.9 Å². The van der Waals surface area contributed by atoms with Gasteiger partial charge in [0.15, 0.2) is 23.3 Å². The molecule has 0 atom stereocenters. The number of hydrogen-bond donors (Lipinski definition) is 2. The maximum Gasteiger partial charge on any atom is 0.361 e. The minimum atomic E-state index is -3.83. The lowest BCUT2D eigenvalue weighted by molar-refractivity contribution is 0.229. The van der Waals surface area contributed by atoms with Gasteiger partial charge in [0.2, 0.25) is 0 Å². The van der Waals surface area contributed by atoms with Crippen molar-refractivity contribution in [3.63, 3.8) is 0 Å². The highest BCUT2D eigenvalue weighted by molar-refractivity contribution is 7.63. The van der Waals surface area contributed by atoms with E-state index in [-0.39, 0.29) is 103 Å². The van der Waals surface area contributed by atoms with Crippen LogP contribution >= 0.6 is 30.4 Å². The molecule has 24 heteroatoms. The molecule has 4 aromatic carbocycles. The average Bonchev–Trinajstić information content (AvgIpc) is 4.09.